The molecule has 2 aromatic rings. The highest BCUT2D eigenvalue weighted by Crippen LogP contribution is 2.30. The molecule has 1 aliphatic rings. The fourth-order valence-electron chi connectivity index (χ4n) is 2.62. The van der Waals surface area contributed by atoms with Gasteiger partial charge in [-0.15, -0.1) is 13.2 Å². The Kier molecular flexibility index (Phi) is 5.32. The fraction of sp³-hybridized carbons (Fsp3) is 0.278. The number of amides is 1. The van der Waals surface area contributed by atoms with Crippen LogP contribution in [0.5, 0.6) is 5.75 Å². The van der Waals surface area contributed by atoms with E-state index >= 15 is 0 Å². The highest BCUT2D eigenvalue weighted by molar-refractivity contribution is 6.05. The molecule has 26 heavy (non-hydrogen) atoms. The third-order valence-corrected chi connectivity index (χ3v) is 3.87. The van der Waals surface area contributed by atoms with Crippen molar-refractivity contribution in [3.05, 3.63) is 54.1 Å². The van der Waals surface area contributed by atoms with Gasteiger partial charge in [0.25, 0.3) is 5.91 Å². The molecule has 0 radical (unpaired) electrons. The summed E-state index contributed by atoms with van der Waals surface area (Å²) in [5, 5.41) is 2.45. The molecule has 3 rings (SSSR count). The summed E-state index contributed by atoms with van der Waals surface area (Å²) < 4.78 is 46.6. The van der Waals surface area contributed by atoms with Crippen molar-refractivity contribution >= 4 is 17.3 Å². The quantitative estimate of drug-likeness (QED) is 0.897. The normalized spacial score (nSPS) is 14.8. The van der Waals surface area contributed by atoms with Gasteiger partial charge in [-0.3, -0.25) is 4.79 Å². The average Bonchev–Trinajstić information content (AvgIpc) is 2.63. The summed E-state index contributed by atoms with van der Waals surface area (Å²) in [6, 6.07) is 12.3. The molecular formula is C18H17F3N2O3. The zero-order valence-electron chi connectivity index (χ0n) is 13.8. The fourth-order valence-corrected chi connectivity index (χ4v) is 2.62. The highest BCUT2D eigenvalue weighted by atomic mass is 19.4. The lowest BCUT2D eigenvalue weighted by Gasteiger charge is -2.28. The third kappa shape index (κ3) is 4.66. The van der Waals surface area contributed by atoms with E-state index < -0.39 is 18.0 Å². The molecule has 0 bridgehead atoms. The van der Waals surface area contributed by atoms with Crippen LogP contribution in [0, 0.1) is 0 Å². The highest BCUT2D eigenvalue weighted by Gasteiger charge is 2.32. The molecule has 5 nitrogen and oxygen atoms in total. The Morgan fingerprint density at radius 2 is 1.69 bits per heavy atom. The number of halogens is 3. The van der Waals surface area contributed by atoms with Crippen molar-refractivity contribution in [2.24, 2.45) is 0 Å². The summed E-state index contributed by atoms with van der Waals surface area (Å²) in [4.78, 5) is 14.5. The minimum atomic E-state index is -4.83. The second-order valence-corrected chi connectivity index (χ2v) is 5.64. The van der Waals surface area contributed by atoms with Crippen LogP contribution in [0.15, 0.2) is 48.5 Å². The van der Waals surface area contributed by atoms with Crippen molar-refractivity contribution < 1.29 is 27.4 Å². The number of anilines is 2. The number of nitrogens with zero attached hydrogens (tertiary/aromatic N) is 1. The first-order valence-corrected chi connectivity index (χ1v) is 8.01. The molecule has 138 valence electrons. The number of morpholine rings is 1. The van der Waals surface area contributed by atoms with E-state index in [0.29, 0.717) is 18.8 Å². The summed E-state index contributed by atoms with van der Waals surface area (Å²) in [6.07, 6.45) is -4.83. The minimum Gasteiger partial charge on any atom is -0.404 e. The molecule has 1 saturated heterocycles. The van der Waals surface area contributed by atoms with E-state index in [4.69, 9.17) is 4.74 Å². The van der Waals surface area contributed by atoms with Gasteiger partial charge >= 0.3 is 6.36 Å². The Balaban J connectivity index is 1.70. The predicted octanol–water partition coefficient (Wildman–Crippen LogP) is 3.67. The van der Waals surface area contributed by atoms with Crippen LogP contribution in [0.4, 0.5) is 24.5 Å². The molecule has 0 unspecified atom stereocenters. The van der Waals surface area contributed by atoms with Crippen LogP contribution in [0.25, 0.3) is 0 Å². The molecule has 1 aliphatic heterocycles. The Bertz CT molecular complexity index is 757. The maximum atomic E-state index is 12.5. The second-order valence-electron chi connectivity index (χ2n) is 5.64. The van der Waals surface area contributed by atoms with E-state index in [1.54, 1.807) is 24.3 Å². The lowest BCUT2D eigenvalue weighted by Crippen LogP contribution is -2.36. The van der Waals surface area contributed by atoms with Crippen molar-refractivity contribution in [1.82, 2.24) is 0 Å². The predicted molar refractivity (Wildman–Crippen MR) is 90.6 cm³/mol. The van der Waals surface area contributed by atoms with E-state index in [-0.39, 0.29) is 5.69 Å². The molecule has 0 spiro atoms. The number of hydrogen-bond donors (Lipinski definition) is 1. The van der Waals surface area contributed by atoms with Crippen LogP contribution in [-0.4, -0.2) is 38.6 Å². The summed E-state index contributed by atoms with van der Waals surface area (Å²) in [5.74, 6) is -0.977. The Hall–Kier alpha value is -2.74. The van der Waals surface area contributed by atoms with Gasteiger partial charge in [0, 0.05) is 24.3 Å². The number of ether oxygens (including phenoxy) is 2. The van der Waals surface area contributed by atoms with Crippen molar-refractivity contribution in [2.45, 2.75) is 6.36 Å². The zero-order chi connectivity index (χ0) is 18.6. The number of carbonyl (C=O) groups is 1. The lowest BCUT2D eigenvalue weighted by molar-refractivity contribution is -0.274. The molecule has 1 N–H and O–H groups in total. The van der Waals surface area contributed by atoms with Crippen LogP contribution >= 0.6 is 0 Å². The largest absolute Gasteiger partial charge is 0.573 e. The van der Waals surface area contributed by atoms with Crippen molar-refractivity contribution in [1.29, 1.82) is 0 Å². The molecule has 2 aromatic carbocycles. The first-order valence-electron chi connectivity index (χ1n) is 8.01. The molecule has 1 fully saturated rings. The molecule has 8 heteroatoms. The number of nitrogens with one attached hydrogen (secondary N) is 1. The van der Waals surface area contributed by atoms with Gasteiger partial charge in [-0.1, -0.05) is 12.1 Å². The number of para-hydroxylation sites is 2. The summed E-state index contributed by atoms with van der Waals surface area (Å²) in [5.41, 5.74) is 1.25. The molecular weight excluding hydrogens is 349 g/mol. The van der Waals surface area contributed by atoms with Gasteiger partial charge in [-0.05, 0) is 36.4 Å². The topological polar surface area (TPSA) is 50.8 Å². The monoisotopic (exact) mass is 366 g/mol. The van der Waals surface area contributed by atoms with E-state index in [9.17, 15) is 18.0 Å². The number of benzene rings is 2. The second kappa shape index (κ2) is 7.65. The van der Waals surface area contributed by atoms with Crippen LogP contribution in [0.3, 0.4) is 0 Å². The van der Waals surface area contributed by atoms with E-state index in [0.717, 1.165) is 24.8 Å². The number of rotatable bonds is 4. The molecule has 0 aliphatic carbocycles. The van der Waals surface area contributed by atoms with Crippen LogP contribution in [0.1, 0.15) is 10.4 Å². The van der Waals surface area contributed by atoms with Gasteiger partial charge in [0.05, 0.1) is 18.9 Å². The maximum absolute atomic E-state index is 12.5. The zero-order valence-corrected chi connectivity index (χ0v) is 13.8. The van der Waals surface area contributed by atoms with E-state index in [1.807, 2.05) is 0 Å². The van der Waals surface area contributed by atoms with Gasteiger partial charge in [0.15, 0.2) is 5.75 Å². The number of carbonyl (C=O) groups excluding carboxylic acids is 1. The van der Waals surface area contributed by atoms with Crippen LogP contribution < -0.4 is 15.0 Å². The van der Waals surface area contributed by atoms with Gasteiger partial charge < -0.3 is 19.7 Å². The van der Waals surface area contributed by atoms with Crippen LogP contribution in [0.2, 0.25) is 0 Å². The van der Waals surface area contributed by atoms with E-state index in [1.165, 1.54) is 18.2 Å². The van der Waals surface area contributed by atoms with Gasteiger partial charge in [-0.2, -0.15) is 0 Å². The number of hydrogen-bond acceptors (Lipinski definition) is 4. The summed E-state index contributed by atoms with van der Waals surface area (Å²) in [6.45, 7) is 2.85. The van der Waals surface area contributed by atoms with Gasteiger partial charge in [0.2, 0.25) is 0 Å². The Morgan fingerprint density at radius 3 is 2.35 bits per heavy atom. The van der Waals surface area contributed by atoms with Crippen molar-refractivity contribution in [2.75, 3.05) is 36.5 Å². The molecule has 0 aromatic heterocycles. The lowest BCUT2D eigenvalue weighted by atomic mass is 10.1. The van der Waals surface area contributed by atoms with Gasteiger partial charge in [-0.25, -0.2) is 0 Å². The van der Waals surface area contributed by atoms with Crippen molar-refractivity contribution in [3.8, 4) is 5.75 Å². The molecule has 1 heterocycles. The SMILES string of the molecule is O=C(Nc1ccccc1OC(F)(F)F)c1ccc(N2CCOCC2)cc1. The van der Waals surface area contributed by atoms with Gasteiger partial charge in [0.1, 0.15) is 0 Å². The minimum absolute atomic E-state index is 0.0490. The van der Waals surface area contributed by atoms with E-state index in [2.05, 4.69) is 15.0 Å². The van der Waals surface area contributed by atoms with Crippen molar-refractivity contribution in [3.63, 3.8) is 0 Å². The standard InChI is InChI=1S/C18H17F3N2O3/c19-18(20,21)26-16-4-2-1-3-15(16)22-17(24)13-5-7-14(8-6-13)23-9-11-25-12-10-23/h1-8H,9-12H2,(H,22,24). The number of alkyl halides is 3. The molecule has 1 amide bonds. The first kappa shape index (κ1) is 18.1. The smallest absolute Gasteiger partial charge is 0.404 e. The first-order chi connectivity index (χ1) is 12.4. The maximum Gasteiger partial charge on any atom is 0.573 e. The summed E-state index contributed by atoms with van der Waals surface area (Å²) >= 11 is 0. The Labute approximate surface area is 148 Å². The molecule has 0 atom stereocenters. The Morgan fingerprint density at radius 1 is 1.04 bits per heavy atom. The summed E-state index contributed by atoms with van der Waals surface area (Å²) in [7, 11) is 0. The third-order valence-electron chi connectivity index (χ3n) is 3.87. The molecule has 0 saturated carbocycles. The average molecular weight is 366 g/mol. The van der Waals surface area contributed by atoms with Crippen LogP contribution in [-0.2, 0) is 4.74 Å².